The van der Waals surface area contributed by atoms with E-state index in [9.17, 15) is 0 Å². The van der Waals surface area contributed by atoms with Gasteiger partial charge < -0.3 is 0 Å². The number of allylic oxidation sites excluding steroid dienone is 2. The van der Waals surface area contributed by atoms with Gasteiger partial charge >= 0.3 is 0 Å². The first-order valence-electron chi connectivity index (χ1n) is 18.7. The van der Waals surface area contributed by atoms with Crippen molar-refractivity contribution in [3.63, 3.8) is 0 Å². The van der Waals surface area contributed by atoms with Crippen molar-refractivity contribution in [2.24, 2.45) is 0 Å². The molecular formula is C48H58Si2. The molecule has 0 bridgehead atoms. The van der Waals surface area contributed by atoms with Crippen LogP contribution >= 0.6 is 0 Å². The Morgan fingerprint density at radius 3 is 0.900 bits per heavy atom. The summed E-state index contributed by atoms with van der Waals surface area (Å²) < 4.78 is 0. The van der Waals surface area contributed by atoms with Gasteiger partial charge in [-0.15, -0.1) is 24.2 Å². The van der Waals surface area contributed by atoms with Crippen molar-refractivity contribution in [1.82, 2.24) is 0 Å². The highest BCUT2D eigenvalue weighted by Gasteiger charge is 2.38. The van der Waals surface area contributed by atoms with Crippen LogP contribution < -0.4 is 0 Å². The van der Waals surface area contributed by atoms with Crippen molar-refractivity contribution >= 4 is 59.2 Å². The second-order valence-electron chi connectivity index (χ2n) is 16.2. The maximum atomic E-state index is 4.21. The first-order valence-corrected chi connectivity index (χ1v) is 23.5. The Morgan fingerprint density at radius 2 is 0.700 bits per heavy atom. The topological polar surface area (TPSA) is 0 Å². The highest BCUT2D eigenvalue weighted by atomic mass is 28.3. The van der Waals surface area contributed by atoms with Gasteiger partial charge in [0.1, 0.15) is 16.1 Å². The molecule has 0 aliphatic carbocycles. The van der Waals surface area contributed by atoms with Crippen LogP contribution in [-0.2, 0) is 0 Å². The Bertz CT molecular complexity index is 1990. The highest BCUT2D eigenvalue weighted by molar-refractivity contribution is 6.90. The van der Waals surface area contributed by atoms with Crippen molar-refractivity contribution in [3.8, 4) is 22.9 Å². The fraction of sp³-hybridized carbons (Fsp3) is 0.375. The van der Waals surface area contributed by atoms with Crippen LogP contribution in [0, 0.1) is 50.6 Å². The van der Waals surface area contributed by atoms with E-state index >= 15 is 0 Å². The number of hydrogen-bond donors (Lipinski definition) is 0. The predicted molar refractivity (Wildman–Crippen MR) is 231 cm³/mol. The molecule has 0 atom stereocenters. The SMILES string of the molecule is C=CC[Si](C#Cc1c2cc3c(C)ccc(C)c3cc2c(C#C[Si](CC=C)(C(C)C)C(C)C)c2cc3c(C)ccc(C)c3cc12)(C(C)C)C(C)C. The summed E-state index contributed by atoms with van der Waals surface area (Å²) in [6, 6.07) is 20.8. The lowest BCUT2D eigenvalue weighted by molar-refractivity contribution is 0.909. The monoisotopic (exact) mass is 690 g/mol. The van der Waals surface area contributed by atoms with Gasteiger partial charge in [0.05, 0.1) is 0 Å². The second kappa shape index (κ2) is 14.4. The fourth-order valence-corrected chi connectivity index (χ4v) is 16.1. The quantitative estimate of drug-likeness (QED) is 0.0658. The van der Waals surface area contributed by atoms with Crippen molar-refractivity contribution < 1.29 is 0 Å². The number of hydrogen-bond acceptors (Lipinski definition) is 0. The van der Waals surface area contributed by atoms with Gasteiger partial charge in [0, 0.05) is 11.1 Å². The minimum absolute atomic E-state index is 0.516. The zero-order chi connectivity index (χ0) is 36.7. The maximum absolute atomic E-state index is 4.21. The molecule has 5 aromatic carbocycles. The van der Waals surface area contributed by atoms with Gasteiger partial charge in [-0.2, -0.15) is 0 Å². The number of fused-ring (bicyclic) bond motifs is 4. The molecule has 0 amide bonds. The maximum Gasteiger partial charge on any atom is 0.147 e. The van der Waals surface area contributed by atoms with Gasteiger partial charge in [0.2, 0.25) is 0 Å². The van der Waals surface area contributed by atoms with Crippen LogP contribution in [0.3, 0.4) is 0 Å². The molecule has 2 heteroatoms. The molecule has 0 spiro atoms. The molecule has 0 aromatic heterocycles. The van der Waals surface area contributed by atoms with Gasteiger partial charge in [0.25, 0.3) is 0 Å². The lowest BCUT2D eigenvalue weighted by Gasteiger charge is -2.33. The number of rotatable bonds is 8. The van der Waals surface area contributed by atoms with E-state index < -0.39 is 16.1 Å². The van der Waals surface area contributed by atoms with Gasteiger partial charge in [-0.3, -0.25) is 0 Å². The molecule has 258 valence electrons. The van der Waals surface area contributed by atoms with Crippen LogP contribution in [0.4, 0.5) is 0 Å². The van der Waals surface area contributed by atoms with Crippen LogP contribution in [0.5, 0.6) is 0 Å². The van der Waals surface area contributed by atoms with Gasteiger partial charge in [0.15, 0.2) is 0 Å². The van der Waals surface area contributed by atoms with E-state index in [0.29, 0.717) is 22.2 Å². The van der Waals surface area contributed by atoms with Crippen LogP contribution in [-0.4, -0.2) is 16.1 Å². The van der Waals surface area contributed by atoms with Gasteiger partial charge in [-0.25, -0.2) is 0 Å². The van der Waals surface area contributed by atoms with Gasteiger partial charge in [-0.05, 0) is 152 Å². The minimum atomic E-state index is -2.05. The normalized spacial score (nSPS) is 12.3. The molecule has 50 heavy (non-hydrogen) atoms. The third-order valence-corrected chi connectivity index (χ3v) is 23.5. The third-order valence-electron chi connectivity index (χ3n) is 12.2. The molecule has 0 radical (unpaired) electrons. The Kier molecular flexibility index (Phi) is 10.8. The predicted octanol–water partition coefficient (Wildman–Crippen LogP) is 14.2. The average Bonchev–Trinajstić information content (AvgIpc) is 3.06. The Labute approximate surface area is 305 Å². The summed E-state index contributed by atoms with van der Waals surface area (Å²) in [6.45, 7) is 36.4. The summed E-state index contributed by atoms with van der Waals surface area (Å²) in [4.78, 5) is 0. The molecule has 0 aliphatic rings. The van der Waals surface area contributed by atoms with E-state index in [0.717, 1.165) is 23.2 Å². The average molecular weight is 691 g/mol. The zero-order valence-electron chi connectivity index (χ0n) is 32.9. The molecule has 0 fully saturated rings. The molecule has 0 aliphatic heterocycles. The van der Waals surface area contributed by atoms with Crippen LogP contribution in [0.15, 0.2) is 73.8 Å². The molecule has 0 saturated carbocycles. The standard InChI is InChI=1S/C48H58Si2/c1-15-23-49(31(3)4,32(5)6)25-21-39-45-27-41-35(11)17-19-37(13)43(41)29-47(45)40(22-26-50(24-16-2,33(7)8)34(9)10)48-30-44-38(14)20-18-36(12)42(44)28-46(39)48/h15-20,27-34H,1-2,23-24H2,3-14H3. The fourth-order valence-electron chi connectivity index (χ4n) is 8.54. The Morgan fingerprint density at radius 1 is 0.460 bits per heavy atom. The van der Waals surface area contributed by atoms with Crippen LogP contribution in [0.25, 0.3) is 43.1 Å². The van der Waals surface area contributed by atoms with E-state index in [-0.39, 0.29) is 0 Å². The second-order valence-corrected chi connectivity index (χ2v) is 26.3. The van der Waals surface area contributed by atoms with Gasteiger partial charge in [-0.1, -0.05) is 104 Å². The molecule has 0 heterocycles. The summed E-state index contributed by atoms with van der Waals surface area (Å²) in [7, 11) is -4.11. The molecule has 0 unspecified atom stereocenters. The largest absolute Gasteiger partial charge is 0.147 e. The number of benzene rings is 5. The smallest absolute Gasteiger partial charge is 0.125 e. The number of aryl methyl sites for hydroxylation is 4. The van der Waals surface area contributed by atoms with Crippen LogP contribution in [0.2, 0.25) is 34.3 Å². The summed E-state index contributed by atoms with van der Waals surface area (Å²) in [6.07, 6.45) is 4.25. The lowest BCUT2D eigenvalue weighted by Crippen LogP contribution is -2.39. The molecule has 5 rings (SSSR count). The Hall–Kier alpha value is -3.83. The molecular weight excluding hydrogens is 633 g/mol. The molecule has 0 saturated heterocycles. The summed E-state index contributed by atoms with van der Waals surface area (Å²) >= 11 is 0. The summed E-state index contributed by atoms with van der Waals surface area (Å²) in [5, 5.41) is 10.1. The van der Waals surface area contributed by atoms with Crippen LogP contribution in [0.1, 0.15) is 88.8 Å². The van der Waals surface area contributed by atoms with E-state index in [1.807, 2.05) is 0 Å². The van der Waals surface area contributed by atoms with Crippen molar-refractivity contribution in [2.75, 3.05) is 0 Å². The summed E-state index contributed by atoms with van der Waals surface area (Å²) in [5.74, 6) is 7.97. The first-order chi connectivity index (χ1) is 23.6. The van der Waals surface area contributed by atoms with E-state index in [1.54, 1.807) is 0 Å². The molecule has 0 N–H and O–H groups in total. The van der Waals surface area contributed by atoms with Crippen molar-refractivity contribution in [2.45, 2.75) is 117 Å². The van der Waals surface area contributed by atoms with Crippen molar-refractivity contribution in [3.05, 3.63) is 107 Å². The third kappa shape index (κ3) is 6.32. The molecule has 0 nitrogen and oxygen atoms in total. The highest BCUT2D eigenvalue weighted by Crippen LogP contribution is 2.42. The van der Waals surface area contributed by atoms with E-state index in [4.69, 9.17) is 0 Å². The first kappa shape index (κ1) is 37.4. The van der Waals surface area contributed by atoms with Crippen molar-refractivity contribution in [1.29, 1.82) is 0 Å². The van der Waals surface area contributed by atoms with E-state index in [1.165, 1.54) is 65.3 Å². The zero-order valence-corrected chi connectivity index (χ0v) is 34.9. The Balaban J connectivity index is 2.11. The van der Waals surface area contributed by atoms with E-state index in [2.05, 4.69) is 180 Å². The summed E-state index contributed by atoms with van der Waals surface area (Å²) in [5.41, 5.74) is 17.7. The molecule has 5 aromatic rings. The lowest BCUT2D eigenvalue weighted by atomic mass is 9.86. The minimum Gasteiger partial charge on any atom is -0.125 e.